The number of benzene rings is 3. The average molecular weight is 391 g/mol. The molecule has 0 fully saturated rings. The molecular weight excluding hydrogens is 366 g/mol. The molecule has 150 valence electrons. The van der Waals surface area contributed by atoms with Crippen molar-refractivity contribution in [2.24, 2.45) is 0 Å². The Kier molecular flexibility index (Phi) is 7.25. The maximum absolute atomic E-state index is 12.9. The van der Waals surface area contributed by atoms with Crippen molar-refractivity contribution in [1.82, 2.24) is 0 Å². The van der Waals surface area contributed by atoms with Crippen LogP contribution in [0.1, 0.15) is 29.3 Å². The zero-order chi connectivity index (χ0) is 20.5. The van der Waals surface area contributed by atoms with Crippen molar-refractivity contribution in [1.29, 1.82) is 0 Å². The summed E-state index contributed by atoms with van der Waals surface area (Å²) in [4.78, 5) is 12.9. The van der Waals surface area contributed by atoms with E-state index in [-0.39, 0.29) is 5.91 Å². The summed E-state index contributed by atoms with van der Waals surface area (Å²) in [6.07, 6.45) is 0.931. The lowest BCUT2D eigenvalue weighted by Crippen LogP contribution is -2.13. The average Bonchev–Trinajstić information content (AvgIpc) is 2.76. The Morgan fingerprint density at radius 2 is 1.69 bits per heavy atom. The molecule has 0 aromatic heterocycles. The van der Waals surface area contributed by atoms with Gasteiger partial charge in [0.1, 0.15) is 11.5 Å². The Labute approximate surface area is 171 Å². The number of carbonyl (C=O) groups is 1. The highest BCUT2D eigenvalue weighted by Crippen LogP contribution is 2.30. The highest BCUT2D eigenvalue weighted by molar-refractivity contribution is 6.05. The largest absolute Gasteiger partial charge is 0.496 e. The number of carbonyl (C=O) groups excluding carboxylic acids is 1. The second-order valence-corrected chi connectivity index (χ2v) is 6.44. The van der Waals surface area contributed by atoms with Gasteiger partial charge < -0.3 is 19.5 Å². The van der Waals surface area contributed by atoms with E-state index >= 15 is 0 Å². The van der Waals surface area contributed by atoms with Crippen LogP contribution in [0.4, 0.5) is 5.69 Å². The predicted octanol–water partition coefficient (Wildman–Crippen LogP) is 5.67. The minimum atomic E-state index is -0.228. The van der Waals surface area contributed by atoms with E-state index in [2.05, 4.69) is 12.2 Å². The van der Waals surface area contributed by atoms with E-state index in [0.717, 1.165) is 12.0 Å². The van der Waals surface area contributed by atoms with Gasteiger partial charge in [-0.15, -0.1) is 0 Å². The monoisotopic (exact) mass is 391 g/mol. The van der Waals surface area contributed by atoms with E-state index < -0.39 is 0 Å². The smallest absolute Gasteiger partial charge is 0.255 e. The van der Waals surface area contributed by atoms with Gasteiger partial charge in [-0.25, -0.2) is 0 Å². The summed E-state index contributed by atoms with van der Waals surface area (Å²) in [5.41, 5.74) is 1.96. The van der Waals surface area contributed by atoms with Crippen LogP contribution in [0.15, 0.2) is 72.8 Å². The Bertz CT molecular complexity index is 941. The van der Waals surface area contributed by atoms with E-state index in [1.165, 1.54) is 0 Å². The zero-order valence-electron chi connectivity index (χ0n) is 16.7. The summed E-state index contributed by atoms with van der Waals surface area (Å²) in [6, 6.07) is 22.1. The molecule has 0 unspecified atom stereocenters. The third-order valence-electron chi connectivity index (χ3n) is 4.25. The number of nitrogens with one attached hydrogen (secondary N) is 1. The molecule has 5 nitrogen and oxygen atoms in total. The van der Waals surface area contributed by atoms with Gasteiger partial charge in [-0.05, 0) is 48.9 Å². The van der Waals surface area contributed by atoms with Gasteiger partial charge in [-0.1, -0.05) is 37.3 Å². The number of methoxy groups -OCH3 is 1. The summed E-state index contributed by atoms with van der Waals surface area (Å²) in [5.74, 6) is 1.75. The summed E-state index contributed by atoms with van der Waals surface area (Å²) in [5, 5.41) is 2.93. The van der Waals surface area contributed by atoms with Gasteiger partial charge in [0.2, 0.25) is 0 Å². The van der Waals surface area contributed by atoms with Crippen molar-refractivity contribution < 1.29 is 19.0 Å². The van der Waals surface area contributed by atoms with E-state index in [4.69, 9.17) is 14.2 Å². The first kappa shape index (κ1) is 20.4. The van der Waals surface area contributed by atoms with Crippen LogP contribution >= 0.6 is 0 Å². The van der Waals surface area contributed by atoms with Gasteiger partial charge in [0.25, 0.3) is 5.91 Å². The highest BCUT2D eigenvalue weighted by atomic mass is 16.5. The van der Waals surface area contributed by atoms with Gasteiger partial charge in [-0.3, -0.25) is 4.79 Å². The standard InChI is InChI=1S/C24H25NO4/c1-3-15-28-17-19-16-18(13-14-22(19)27-2)24(26)25-21-11-7-8-12-23(21)29-20-9-5-4-6-10-20/h4-14,16H,3,15,17H2,1-2H3,(H,25,26). The fraction of sp³-hybridized carbons (Fsp3) is 0.208. The van der Waals surface area contributed by atoms with E-state index in [1.54, 1.807) is 25.3 Å². The van der Waals surface area contributed by atoms with Gasteiger partial charge >= 0.3 is 0 Å². The molecule has 1 amide bonds. The molecule has 0 saturated carbocycles. The highest BCUT2D eigenvalue weighted by Gasteiger charge is 2.13. The number of hydrogen-bond acceptors (Lipinski definition) is 4. The number of anilines is 1. The first-order chi connectivity index (χ1) is 14.2. The quantitative estimate of drug-likeness (QED) is 0.478. The van der Waals surface area contributed by atoms with Gasteiger partial charge in [0, 0.05) is 17.7 Å². The lowest BCUT2D eigenvalue weighted by Gasteiger charge is -2.14. The van der Waals surface area contributed by atoms with Crippen LogP contribution in [0.3, 0.4) is 0 Å². The minimum Gasteiger partial charge on any atom is -0.496 e. The maximum Gasteiger partial charge on any atom is 0.255 e. The SMILES string of the molecule is CCCOCc1cc(C(=O)Nc2ccccc2Oc2ccccc2)ccc1OC. The van der Waals surface area contributed by atoms with Crippen molar-refractivity contribution in [3.63, 3.8) is 0 Å². The number of hydrogen-bond donors (Lipinski definition) is 1. The molecule has 0 radical (unpaired) electrons. The first-order valence-electron chi connectivity index (χ1n) is 9.59. The van der Waals surface area contributed by atoms with E-state index in [9.17, 15) is 4.79 Å². The Morgan fingerprint density at radius 1 is 0.931 bits per heavy atom. The number of amides is 1. The van der Waals surface area contributed by atoms with E-state index in [1.807, 2.05) is 54.6 Å². The summed E-state index contributed by atoms with van der Waals surface area (Å²) in [6.45, 7) is 3.10. The van der Waals surface area contributed by atoms with Gasteiger partial charge in [0.05, 0.1) is 19.4 Å². The molecule has 3 aromatic rings. The lowest BCUT2D eigenvalue weighted by molar-refractivity contribution is 0.102. The van der Waals surface area contributed by atoms with Crippen LogP contribution in [0, 0.1) is 0 Å². The second-order valence-electron chi connectivity index (χ2n) is 6.44. The molecule has 3 aromatic carbocycles. The minimum absolute atomic E-state index is 0.228. The molecule has 0 aliphatic carbocycles. The molecule has 0 spiro atoms. The third-order valence-corrected chi connectivity index (χ3v) is 4.25. The zero-order valence-corrected chi connectivity index (χ0v) is 16.7. The molecular formula is C24H25NO4. The fourth-order valence-electron chi connectivity index (χ4n) is 2.83. The fourth-order valence-corrected chi connectivity index (χ4v) is 2.83. The summed E-state index contributed by atoms with van der Waals surface area (Å²) in [7, 11) is 1.61. The van der Waals surface area contributed by atoms with Crippen LogP contribution in [0.5, 0.6) is 17.2 Å². The molecule has 1 N–H and O–H groups in total. The molecule has 3 rings (SSSR count). The van der Waals surface area contributed by atoms with Crippen molar-refractivity contribution in [2.75, 3.05) is 19.0 Å². The summed E-state index contributed by atoms with van der Waals surface area (Å²) >= 11 is 0. The Hall–Kier alpha value is -3.31. The number of rotatable bonds is 9. The van der Waals surface area contributed by atoms with Gasteiger partial charge in [0.15, 0.2) is 5.75 Å². The van der Waals surface area contributed by atoms with Crippen LogP contribution in [-0.2, 0) is 11.3 Å². The van der Waals surface area contributed by atoms with Crippen molar-refractivity contribution in [3.05, 3.63) is 83.9 Å². The molecule has 0 saturated heterocycles. The van der Waals surface area contributed by atoms with E-state index in [0.29, 0.717) is 41.7 Å². The van der Waals surface area contributed by atoms with Crippen LogP contribution in [0.2, 0.25) is 0 Å². The Morgan fingerprint density at radius 3 is 2.45 bits per heavy atom. The first-order valence-corrected chi connectivity index (χ1v) is 9.59. The second kappa shape index (κ2) is 10.3. The molecule has 0 heterocycles. The number of ether oxygens (including phenoxy) is 3. The lowest BCUT2D eigenvalue weighted by atomic mass is 10.1. The van der Waals surface area contributed by atoms with Crippen molar-refractivity contribution in [2.45, 2.75) is 20.0 Å². The molecule has 0 aliphatic rings. The third kappa shape index (κ3) is 5.59. The summed E-state index contributed by atoms with van der Waals surface area (Å²) < 4.78 is 16.9. The predicted molar refractivity (Wildman–Crippen MR) is 114 cm³/mol. The maximum atomic E-state index is 12.9. The van der Waals surface area contributed by atoms with Crippen LogP contribution in [-0.4, -0.2) is 19.6 Å². The van der Waals surface area contributed by atoms with Crippen molar-refractivity contribution >= 4 is 11.6 Å². The van der Waals surface area contributed by atoms with Gasteiger partial charge in [-0.2, -0.15) is 0 Å². The Balaban J connectivity index is 1.77. The number of para-hydroxylation sites is 3. The topological polar surface area (TPSA) is 56.8 Å². The van der Waals surface area contributed by atoms with Crippen LogP contribution < -0.4 is 14.8 Å². The molecule has 5 heteroatoms. The molecule has 29 heavy (non-hydrogen) atoms. The molecule has 0 atom stereocenters. The van der Waals surface area contributed by atoms with Crippen molar-refractivity contribution in [3.8, 4) is 17.2 Å². The van der Waals surface area contributed by atoms with Crippen LogP contribution in [0.25, 0.3) is 0 Å². The molecule has 0 aliphatic heterocycles. The molecule has 0 bridgehead atoms. The normalized spacial score (nSPS) is 10.4.